The number of anilines is 3. The molecule has 0 aliphatic heterocycles. The van der Waals surface area contributed by atoms with E-state index in [1.807, 2.05) is 23.5 Å². The van der Waals surface area contributed by atoms with Crippen molar-refractivity contribution in [3.05, 3.63) is 283 Å². The van der Waals surface area contributed by atoms with Crippen molar-refractivity contribution < 1.29 is 4.42 Å². The van der Waals surface area contributed by atoms with Gasteiger partial charge in [0.15, 0.2) is 0 Å². The molecule has 70 heavy (non-hydrogen) atoms. The van der Waals surface area contributed by atoms with Gasteiger partial charge in [-0.05, 0) is 133 Å². The number of fused-ring (bicyclic) bond motifs is 9. The van der Waals surface area contributed by atoms with Gasteiger partial charge >= 0.3 is 0 Å². The highest BCUT2D eigenvalue weighted by atomic mass is 32.1. The van der Waals surface area contributed by atoms with Crippen molar-refractivity contribution in [1.29, 1.82) is 0 Å². The van der Waals surface area contributed by atoms with Crippen LogP contribution in [0.3, 0.4) is 0 Å². The molecular formula is C67H43NOS. The summed E-state index contributed by atoms with van der Waals surface area (Å²) < 4.78 is 8.79. The van der Waals surface area contributed by atoms with E-state index >= 15 is 0 Å². The minimum Gasteiger partial charge on any atom is -0.456 e. The summed E-state index contributed by atoms with van der Waals surface area (Å²) in [4.78, 5) is 2.39. The lowest BCUT2D eigenvalue weighted by atomic mass is 9.68. The number of furan rings is 1. The molecule has 1 aliphatic carbocycles. The highest BCUT2D eigenvalue weighted by molar-refractivity contribution is 7.26. The van der Waals surface area contributed by atoms with Crippen LogP contribution in [0.1, 0.15) is 22.3 Å². The van der Waals surface area contributed by atoms with E-state index in [1.54, 1.807) is 0 Å². The average molecular weight is 910 g/mol. The molecule has 3 heteroatoms. The second-order valence-electron chi connectivity index (χ2n) is 18.4. The number of hydrogen-bond donors (Lipinski definition) is 0. The first-order valence-corrected chi connectivity index (χ1v) is 24.8. The molecule has 2 aromatic heterocycles. The van der Waals surface area contributed by atoms with Gasteiger partial charge in [0, 0.05) is 48.0 Å². The minimum atomic E-state index is -0.471. The van der Waals surface area contributed by atoms with Gasteiger partial charge in [-0.3, -0.25) is 0 Å². The number of thiophene rings is 1. The molecule has 0 bridgehead atoms. The van der Waals surface area contributed by atoms with Crippen LogP contribution in [0.5, 0.6) is 0 Å². The fourth-order valence-electron chi connectivity index (χ4n) is 11.4. The van der Waals surface area contributed by atoms with Crippen molar-refractivity contribution in [2.24, 2.45) is 0 Å². The van der Waals surface area contributed by atoms with Crippen molar-refractivity contribution >= 4 is 70.5 Å². The fraction of sp³-hybridized carbons (Fsp3) is 0.0149. The third-order valence-electron chi connectivity index (χ3n) is 14.6. The second kappa shape index (κ2) is 16.2. The smallest absolute Gasteiger partial charge is 0.135 e. The summed E-state index contributed by atoms with van der Waals surface area (Å²) in [5.41, 5.74) is 19.4. The van der Waals surface area contributed by atoms with E-state index in [9.17, 15) is 0 Å². The van der Waals surface area contributed by atoms with Crippen molar-refractivity contribution in [2.45, 2.75) is 5.41 Å². The standard InChI is InChI=1S/C67H43NOS/c1-2-16-49(17-3-1)67(61-24-8-4-18-55(61)56-19-5-9-25-62(56)67)50-33-39-53(40-34-50)68(52-37-30-45(31-38-52)54-22-13-23-59-58-21-7-11-27-65(58)70-66(54)59)51-35-28-44(29-36-51)46-14-12-15-47(42-46)48-32-41-64-60(43-48)57-20-6-10-26-63(57)69-64/h1-43H. The molecule has 13 aromatic rings. The van der Waals surface area contributed by atoms with E-state index in [1.165, 1.54) is 75.8 Å². The lowest BCUT2D eigenvalue weighted by Gasteiger charge is -2.34. The summed E-state index contributed by atoms with van der Waals surface area (Å²) in [6.07, 6.45) is 0. The van der Waals surface area contributed by atoms with Crippen LogP contribution in [0.25, 0.3) is 86.6 Å². The van der Waals surface area contributed by atoms with E-state index < -0.39 is 5.41 Å². The summed E-state index contributed by atoms with van der Waals surface area (Å²) in [5, 5.41) is 4.89. The van der Waals surface area contributed by atoms with Crippen molar-refractivity contribution in [3.8, 4) is 44.5 Å². The van der Waals surface area contributed by atoms with Crippen LogP contribution in [-0.2, 0) is 5.41 Å². The fourth-order valence-corrected chi connectivity index (χ4v) is 12.6. The zero-order chi connectivity index (χ0) is 46.2. The van der Waals surface area contributed by atoms with Gasteiger partial charge in [-0.2, -0.15) is 0 Å². The van der Waals surface area contributed by atoms with E-state index in [0.29, 0.717) is 0 Å². The van der Waals surface area contributed by atoms with Crippen LogP contribution >= 0.6 is 11.3 Å². The molecule has 1 aliphatic rings. The zero-order valence-corrected chi connectivity index (χ0v) is 38.9. The van der Waals surface area contributed by atoms with Gasteiger partial charge in [-0.25, -0.2) is 0 Å². The predicted molar refractivity (Wildman–Crippen MR) is 295 cm³/mol. The molecule has 0 unspecified atom stereocenters. The number of hydrogen-bond acceptors (Lipinski definition) is 3. The third kappa shape index (κ3) is 6.32. The predicted octanol–water partition coefficient (Wildman–Crippen LogP) is 18.8. The molecule has 328 valence electrons. The summed E-state index contributed by atoms with van der Waals surface area (Å²) in [7, 11) is 0. The molecule has 11 aromatic carbocycles. The summed E-state index contributed by atoms with van der Waals surface area (Å²) in [6, 6.07) is 95.5. The van der Waals surface area contributed by atoms with Gasteiger partial charge in [-0.15, -0.1) is 11.3 Å². The Balaban J connectivity index is 0.871. The van der Waals surface area contributed by atoms with Crippen LogP contribution in [0.2, 0.25) is 0 Å². The molecule has 2 heterocycles. The molecule has 0 amide bonds. The molecule has 0 atom stereocenters. The molecular weight excluding hydrogens is 867 g/mol. The maximum absolute atomic E-state index is 6.16. The van der Waals surface area contributed by atoms with E-state index in [-0.39, 0.29) is 0 Å². The van der Waals surface area contributed by atoms with Gasteiger partial charge in [0.05, 0.1) is 5.41 Å². The Morgan fingerprint density at radius 2 is 0.814 bits per heavy atom. The molecule has 0 N–H and O–H groups in total. The largest absolute Gasteiger partial charge is 0.456 e. The van der Waals surface area contributed by atoms with E-state index in [4.69, 9.17) is 4.42 Å². The Bertz CT molecular complexity index is 4060. The third-order valence-corrected chi connectivity index (χ3v) is 15.8. The Morgan fingerprint density at radius 1 is 0.314 bits per heavy atom. The first-order valence-electron chi connectivity index (χ1n) is 24.0. The Labute approximate surface area is 410 Å². The first kappa shape index (κ1) is 40.3. The molecule has 0 radical (unpaired) electrons. The highest BCUT2D eigenvalue weighted by Gasteiger charge is 2.45. The van der Waals surface area contributed by atoms with Crippen molar-refractivity contribution in [3.63, 3.8) is 0 Å². The van der Waals surface area contributed by atoms with E-state index in [2.05, 4.69) is 254 Å². The summed E-state index contributed by atoms with van der Waals surface area (Å²) in [5.74, 6) is 0. The average Bonchev–Trinajstić information content (AvgIpc) is 4.10. The van der Waals surface area contributed by atoms with Crippen LogP contribution in [0.4, 0.5) is 17.1 Å². The van der Waals surface area contributed by atoms with Gasteiger partial charge in [0.1, 0.15) is 11.2 Å². The maximum atomic E-state index is 6.16. The SMILES string of the molecule is c1ccc(C2(c3ccc(N(c4ccc(-c5cccc(-c6ccc7oc8ccccc8c7c6)c5)cc4)c4ccc(-c5cccc6c5sc5ccccc56)cc4)cc3)c3ccccc3-c3ccccc32)cc1. The van der Waals surface area contributed by atoms with Gasteiger partial charge in [-0.1, -0.05) is 194 Å². The number of benzene rings is 11. The van der Waals surface area contributed by atoms with Crippen LogP contribution in [-0.4, -0.2) is 0 Å². The number of rotatable bonds is 8. The maximum Gasteiger partial charge on any atom is 0.135 e. The highest BCUT2D eigenvalue weighted by Crippen LogP contribution is 2.56. The first-order chi connectivity index (χ1) is 34.7. The second-order valence-corrected chi connectivity index (χ2v) is 19.4. The Morgan fingerprint density at radius 3 is 1.54 bits per heavy atom. The molecule has 0 saturated heterocycles. The summed E-state index contributed by atoms with van der Waals surface area (Å²) >= 11 is 1.87. The van der Waals surface area contributed by atoms with Crippen molar-refractivity contribution in [2.75, 3.05) is 4.90 Å². The van der Waals surface area contributed by atoms with Gasteiger partial charge < -0.3 is 9.32 Å². The molecule has 2 nitrogen and oxygen atoms in total. The number of para-hydroxylation sites is 1. The van der Waals surface area contributed by atoms with E-state index in [0.717, 1.165) is 50.1 Å². The summed E-state index contributed by atoms with van der Waals surface area (Å²) in [6.45, 7) is 0. The van der Waals surface area contributed by atoms with Crippen LogP contribution < -0.4 is 4.90 Å². The van der Waals surface area contributed by atoms with Crippen molar-refractivity contribution in [1.82, 2.24) is 0 Å². The number of nitrogens with zero attached hydrogens (tertiary/aromatic N) is 1. The lowest BCUT2D eigenvalue weighted by molar-refractivity contribution is 0.669. The monoisotopic (exact) mass is 909 g/mol. The Kier molecular flexibility index (Phi) is 9.33. The molecule has 0 saturated carbocycles. The van der Waals surface area contributed by atoms with Crippen LogP contribution in [0, 0.1) is 0 Å². The van der Waals surface area contributed by atoms with Crippen LogP contribution in [0.15, 0.2) is 265 Å². The molecule has 14 rings (SSSR count). The normalized spacial score (nSPS) is 12.7. The lowest BCUT2D eigenvalue weighted by Crippen LogP contribution is -2.28. The quantitative estimate of drug-likeness (QED) is 0.151. The Hall–Kier alpha value is -8.76. The molecule has 0 fully saturated rings. The van der Waals surface area contributed by atoms with Gasteiger partial charge in [0.25, 0.3) is 0 Å². The zero-order valence-electron chi connectivity index (χ0n) is 38.1. The topological polar surface area (TPSA) is 16.4 Å². The molecule has 0 spiro atoms. The van der Waals surface area contributed by atoms with Gasteiger partial charge in [0.2, 0.25) is 0 Å². The minimum absolute atomic E-state index is 0.471.